The molecule has 1 unspecified atom stereocenters. The highest BCUT2D eigenvalue weighted by Crippen LogP contribution is 2.42. The van der Waals surface area contributed by atoms with Crippen LogP contribution in [0.15, 0.2) is 28.0 Å². The number of carbonyl (C=O) groups is 1. The molecule has 0 aliphatic carbocycles. The molecule has 0 fully saturated rings. The molecule has 8 nitrogen and oxygen atoms in total. The summed E-state index contributed by atoms with van der Waals surface area (Å²) in [5.74, 6) is 0.370. The molecule has 2 aromatic heterocycles. The van der Waals surface area contributed by atoms with E-state index in [0.717, 1.165) is 5.69 Å². The molecule has 0 bridgehead atoms. The largest absolute Gasteiger partial charge is 0.461 e. The van der Waals surface area contributed by atoms with Crippen LogP contribution >= 0.6 is 0 Å². The van der Waals surface area contributed by atoms with E-state index >= 15 is 0 Å². The minimum absolute atomic E-state index is 0.00515. The summed E-state index contributed by atoms with van der Waals surface area (Å²) >= 11 is 0. The molecule has 0 amide bonds. The number of carbonyl (C=O) groups excluding carboxylic acids is 1. The second kappa shape index (κ2) is 5.53. The lowest BCUT2D eigenvalue weighted by Gasteiger charge is -2.21. The fourth-order valence-electron chi connectivity index (χ4n) is 2.48. The SMILES string of the molecule is CC(=O)OCc1ccc(C2C(C#N)=C(N)Oc3n[nH]c(C)c32)o1. The van der Waals surface area contributed by atoms with Gasteiger partial charge >= 0.3 is 5.97 Å². The van der Waals surface area contributed by atoms with E-state index in [1.54, 1.807) is 12.1 Å². The molecule has 0 saturated carbocycles. The average molecular weight is 314 g/mol. The Morgan fingerprint density at radius 3 is 3.04 bits per heavy atom. The van der Waals surface area contributed by atoms with E-state index in [9.17, 15) is 10.1 Å². The van der Waals surface area contributed by atoms with Crippen molar-refractivity contribution in [3.8, 4) is 11.9 Å². The van der Waals surface area contributed by atoms with Crippen molar-refractivity contribution in [1.29, 1.82) is 5.26 Å². The highest BCUT2D eigenvalue weighted by molar-refractivity contribution is 5.65. The Balaban J connectivity index is 2.01. The summed E-state index contributed by atoms with van der Waals surface area (Å²) < 4.78 is 16.0. The van der Waals surface area contributed by atoms with Gasteiger partial charge in [-0.3, -0.25) is 9.89 Å². The molecule has 118 valence electrons. The first kappa shape index (κ1) is 14.7. The molecule has 0 spiro atoms. The summed E-state index contributed by atoms with van der Waals surface area (Å²) in [5, 5.41) is 16.3. The molecular weight excluding hydrogens is 300 g/mol. The van der Waals surface area contributed by atoms with Crippen LogP contribution in [0.2, 0.25) is 0 Å². The van der Waals surface area contributed by atoms with Crippen LogP contribution in [0.5, 0.6) is 5.88 Å². The van der Waals surface area contributed by atoms with Crippen LogP contribution in [0.1, 0.15) is 35.6 Å². The molecule has 3 rings (SSSR count). The highest BCUT2D eigenvalue weighted by Gasteiger charge is 2.36. The number of furan rings is 1. The summed E-state index contributed by atoms with van der Waals surface area (Å²) in [6, 6.07) is 5.47. The van der Waals surface area contributed by atoms with Gasteiger partial charge in [-0.05, 0) is 19.1 Å². The molecule has 2 aromatic rings. The maximum Gasteiger partial charge on any atom is 0.303 e. The molecule has 0 radical (unpaired) electrons. The zero-order valence-corrected chi connectivity index (χ0v) is 12.5. The molecule has 0 aromatic carbocycles. The van der Waals surface area contributed by atoms with E-state index in [-0.39, 0.29) is 18.1 Å². The van der Waals surface area contributed by atoms with Crippen LogP contribution < -0.4 is 10.5 Å². The van der Waals surface area contributed by atoms with Crippen molar-refractivity contribution in [1.82, 2.24) is 10.2 Å². The van der Waals surface area contributed by atoms with Crippen LogP contribution in [0.4, 0.5) is 0 Å². The van der Waals surface area contributed by atoms with Crippen LogP contribution in [-0.4, -0.2) is 16.2 Å². The minimum atomic E-state index is -0.520. The number of aromatic amines is 1. The summed E-state index contributed by atoms with van der Waals surface area (Å²) in [4.78, 5) is 10.9. The molecule has 3 heterocycles. The number of esters is 1. The molecule has 3 N–H and O–H groups in total. The Hall–Kier alpha value is -3.21. The number of H-pyrrole nitrogens is 1. The number of nitriles is 1. The van der Waals surface area contributed by atoms with Crippen molar-refractivity contribution >= 4 is 5.97 Å². The Kier molecular flexibility index (Phi) is 3.54. The molecule has 1 atom stereocenters. The third-order valence-electron chi connectivity index (χ3n) is 3.51. The first-order chi connectivity index (χ1) is 11.0. The van der Waals surface area contributed by atoms with Crippen LogP contribution in [0.3, 0.4) is 0 Å². The topological polar surface area (TPSA) is 127 Å². The van der Waals surface area contributed by atoms with E-state index < -0.39 is 11.9 Å². The lowest BCUT2D eigenvalue weighted by molar-refractivity contribution is -0.142. The molecule has 8 heteroatoms. The number of ether oxygens (including phenoxy) is 2. The fourth-order valence-corrected chi connectivity index (χ4v) is 2.48. The number of aryl methyl sites for hydroxylation is 1. The smallest absolute Gasteiger partial charge is 0.303 e. The predicted octanol–water partition coefficient (Wildman–Crippen LogP) is 1.59. The maximum atomic E-state index is 10.9. The minimum Gasteiger partial charge on any atom is -0.461 e. The van der Waals surface area contributed by atoms with E-state index in [1.165, 1.54) is 6.92 Å². The normalized spacial score (nSPS) is 16.5. The Morgan fingerprint density at radius 2 is 2.35 bits per heavy atom. The number of nitrogens with one attached hydrogen (secondary N) is 1. The Labute approximate surface area is 131 Å². The number of nitrogens with zero attached hydrogens (tertiary/aromatic N) is 2. The van der Waals surface area contributed by atoms with Gasteiger partial charge in [0, 0.05) is 12.6 Å². The van der Waals surface area contributed by atoms with Gasteiger partial charge < -0.3 is 19.6 Å². The zero-order chi connectivity index (χ0) is 16.6. The molecule has 1 aliphatic heterocycles. The van der Waals surface area contributed by atoms with Gasteiger partial charge in [0.1, 0.15) is 29.8 Å². The van der Waals surface area contributed by atoms with Gasteiger partial charge in [0.15, 0.2) is 0 Å². The molecule has 23 heavy (non-hydrogen) atoms. The predicted molar refractivity (Wildman–Crippen MR) is 76.8 cm³/mol. The number of hydrogen-bond acceptors (Lipinski definition) is 7. The van der Waals surface area contributed by atoms with E-state index in [1.807, 2.05) is 6.92 Å². The van der Waals surface area contributed by atoms with Gasteiger partial charge in [-0.15, -0.1) is 5.10 Å². The van der Waals surface area contributed by atoms with Crippen molar-refractivity contribution in [2.75, 3.05) is 0 Å². The van der Waals surface area contributed by atoms with Crippen molar-refractivity contribution in [2.45, 2.75) is 26.4 Å². The van der Waals surface area contributed by atoms with Gasteiger partial charge in [-0.25, -0.2) is 0 Å². The second-order valence-corrected chi connectivity index (χ2v) is 5.08. The molecule has 1 aliphatic rings. The average Bonchev–Trinajstić information content (AvgIpc) is 3.11. The summed E-state index contributed by atoms with van der Waals surface area (Å²) in [5.41, 5.74) is 7.51. The van der Waals surface area contributed by atoms with Crippen molar-refractivity contribution < 1.29 is 18.7 Å². The van der Waals surface area contributed by atoms with Gasteiger partial charge in [-0.1, -0.05) is 0 Å². The van der Waals surface area contributed by atoms with Gasteiger partial charge in [0.25, 0.3) is 0 Å². The monoisotopic (exact) mass is 314 g/mol. The molecule has 0 saturated heterocycles. The Bertz CT molecular complexity index is 840. The second-order valence-electron chi connectivity index (χ2n) is 5.08. The summed E-state index contributed by atoms with van der Waals surface area (Å²) in [6.45, 7) is 3.17. The number of rotatable bonds is 3. The van der Waals surface area contributed by atoms with Crippen LogP contribution in [-0.2, 0) is 16.1 Å². The highest BCUT2D eigenvalue weighted by atomic mass is 16.5. The number of hydrogen-bond donors (Lipinski definition) is 2. The van der Waals surface area contributed by atoms with Gasteiger partial charge in [0.2, 0.25) is 11.8 Å². The van der Waals surface area contributed by atoms with Crippen molar-refractivity contribution in [2.24, 2.45) is 5.73 Å². The van der Waals surface area contributed by atoms with Crippen molar-refractivity contribution in [3.63, 3.8) is 0 Å². The van der Waals surface area contributed by atoms with E-state index in [2.05, 4.69) is 16.3 Å². The van der Waals surface area contributed by atoms with Crippen LogP contribution in [0.25, 0.3) is 0 Å². The van der Waals surface area contributed by atoms with Gasteiger partial charge in [0.05, 0.1) is 11.5 Å². The lowest BCUT2D eigenvalue weighted by Crippen LogP contribution is -2.20. The number of aromatic nitrogens is 2. The van der Waals surface area contributed by atoms with Gasteiger partial charge in [-0.2, -0.15) is 5.26 Å². The quantitative estimate of drug-likeness (QED) is 0.823. The molecular formula is C15H14N4O4. The van der Waals surface area contributed by atoms with E-state index in [4.69, 9.17) is 19.6 Å². The standard InChI is InChI=1S/C15H14N4O4/c1-7-12-13(10(5-16)14(17)23-15(12)19-18-7)11-4-3-9(22-11)6-21-8(2)20/h3-4,13H,6,17H2,1-2H3,(H,18,19). The lowest BCUT2D eigenvalue weighted by atomic mass is 9.88. The maximum absolute atomic E-state index is 10.9. The van der Waals surface area contributed by atoms with Crippen LogP contribution in [0, 0.1) is 18.3 Å². The zero-order valence-electron chi connectivity index (χ0n) is 12.5. The summed E-state index contributed by atoms with van der Waals surface area (Å²) in [7, 11) is 0. The third-order valence-corrected chi connectivity index (χ3v) is 3.51. The van der Waals surface area contributed by atoms with Crippen molar-refractivity contribution in [3.05, 3.63) is 46.4 Å². The number of allylic oxidation sites excluding steroid dienone is 1. The number of nitrogens with two attached hydrogens (primary N) is 1. The summed E-state index contributed by atoms with van der Waals surface area (Å²) in [6.07, 6.45) is 0. The third kappa shape index (κ3) is 2.53. The first-order valence-electron chi connectivity index (χ1n) is 6.85. The fraction of sp³-hybridized carbons (Fsp3) is 0.267. The Morgan fingerprint density at radius 1 is 1.57 bits per heavy atom. The number of fused-ring (bicyclic) bond motifs is 1. The first-order valence-corrected chi connectivity index (χ1v) is 6.85. The van der Waals surface area contributed by atoms with E-state index in [0.29, 0.717) is 23.0 Å².